The van der Waals surface area contributed by atoms with E-state index in [2.05, 4.69) is 94.9 Å². The summed E-state index contributed by atoms with van der Waals surface area (Å²) in [6, 6.07) is 30.6. The van der Waals surface area contributed by atoms with Crippen LogP contribution in [0.2, 0.25) is 0 Å². The minimum absolute atomic E-state index is 1.07. The Bertz CT molecular complexity index is 1290. The van der Waals surface area contributed by atoms with E-state index >= 15 is 0 Å². The third-order valence-corrected chi connectivity index (χ3v) is 7.26. The summed E-state index contributed by atoms with van der Waals surface area (Å²) in [7, 11) is 0. The molecule has 2 heterocycles. The van der Waals surface area contributed by atoms with Crippen LogP contribution in [0.4, 0.5) is 0 Å². The maximum Gasteiger partial charge on any atom is 0.0481 e. The van der Waals surface area contributed by atoms with Gasteiger partial charge in [0.05, 0.1) is 0 Å². The number of aryl methyl sites for hydroxylation is 4. The number of nitrogens with zero attached hydrogens (tertiary/aromatic N) is 2. The Balaban J connectivity index is 1.02. The van der Waals surface area contributed by atoms with Crippen molar-refractivity contribution in [2.75, 3.05) is 0 Å². The summed E-state index contributed by atoms with van der Waals surface area (Å²) in [6.45, 7) is 0. The molecule has 0 aliphatic heterocycles. The molecule has 0 aliphatic carbocycles. The maximum atomic E-state index is 4.64. The molecule has 36 heavy (non-hydrogen) atoms. The zero-order chi connectivity index (χ0) is 24.4. The van der Waals surface area contributed by atoms with Gasteiger partial charge in [0.1, 0.15) is 0 Å². The summed E-state index contributed by atoms with van der Waals surface area (Å²) < 4.78 is 0. The molecule has 0 unspecified atom stereocenters. The van der Waals surface area contributed by atoms with Gasteiger partial charge in [-0.15, -0.1) is 0 Å². The molecular weight excluding hydrogens is 436 g/mol. The van der Waals surface area contributed by atoms with Gasteiger partial charge in [0, 0.05) is 34.6 Å². The van der Waals surface area contributed by atoms with Gasteiger partial charge in [-0.25, -0.2) is 0 Å². The summed E-state index contributed by atoms with van der Waals surface area (Å²) in [6.07, 6.45) is 15.7. The lowest BCUT2D eigenvalue weighted by Crippen LogP contribution is -1.94. The fraction of sp³-hybridized carbons (Fsp3) is 0.294. The molecule has 0 bridgehead atoms. The van der Waals surface area contributed by atoms with Gasteiger partial charge in [-0.3, -0.25) is 9.97 Å². The first-order valence-corrected chi connectivity index (χ1v) is 13.6. The zero-order valence-electron chi connectivity index (χ0n) is 21.2. The van der Waals surface area contributed by atoms with Gasteiger partial charge in [-0.2, -0.15) is 0 Å². The van der Waals surface area contributed by atoms with Gasteiger partial charge in [-0.05, 0) is 85.4 Å². The van der Waals surface area contributed by atoms with Crippen LogP contribution < -0.4 is 0 Å². The largest absolute Gasteiger partial charge is 0.261 e. The highest BCUT2D eigenvalue weighted by atomic mass is 14.7. The van der Waals surface area contributed by atoms with Gasteiger partial charge in [-0.1, -0.05) is 85.6 Å². The molecule has 2 heteroatoms. The predicted molar refractivity (Wildman–Crippen MR) is 152 cm³/mol. The quantitative estimate of drug-likeness (QED) is 0.170. The van der Waals surface area contributed by atoms with Crippen molar-refractivity contribution in [2.24, 2.45) is 0 Å². The van der Waals surface area contributed by atoms with E-state index < -0.39 is 0 Å². The molecule has 0 spiro atoms. The van der Waals surface area contributed by atoms with Gasteiger partial charge >= 0.3 is 0 Å². The van der Waals surface area contributed by atoms with E-state index in [0.29, 0.717) is 0 Å². The molecule has 0 fully saturated rings. The molecule has 0 amide bonds. The number of hydrogen-bond donors (Lipinski definition) is 0. The highest BCUT2D eigenvalue weighted by Crippen LogP contribution is 2.20. The summed E-state index contributed by atoms with van der Waals surface area (Å²) >= 11 is 0. The van der Waals surface area contributed by atoms with Crippen LogP contribution in [0.1, 0.15) is 61.0 Å². The molecule has 2 aromatic heterocycles. The van der Waals surface area contributed by atoms with Crippen molar-refractivity contribution in [1.82, 2.24) is 9.97 Å². The number of fused-ring (bicyclic) bond motifs is 2. The topological polar surface area (TPSA) is 25.8 Å². The third-order valence-electron chi connectivity index (χ3n) is 7.26. The number of pyridine rings is 2. The van der Waals surface area contributed by atoms with Crippen molar-refractivity contribution in [2.45, 2.75) is 64.2 Å². The van der Waals surface area contributed by atoms with E-state index in [0.717, 1.165) is 12.8 Å². The fourth-order valence-electron chi connectivity index (χ4n) is 5.30. The van der Waals surface area contributed by atoms with Crippen LogP contribution in [0.15, 0.2) is 97.3 Å². The summed E-state index contributed by atoms with van der Waals surface area (Å²) in [4.78, 5) is 9.29. The van der Waals surface area contributed by atoms with Crippen molar-refractivity contribution < 1.29 is 0 Å². The Morgan fingerprint density at radius 2 is 0.889 bits per heavy atom. The van der Waals surface area contributed by atoms with Crippen LogP contribution in [-0.2, 0) is 25.7 Å². The molecule has 2 nitrogen and oxygen atoms in total. The average molecular weight is 473 g/mol. The second-order valence-electron chi connectivity index (χ2n) is 9.90. The number of unbranched alkanes of at least 4 members (excludes halogenated alkanes) is 4. The van der Waals surface area contributed by atoms with E-state index in [1.54, 1.807) is 0 Å². The minimum Gasteiger partial charge on any atom is -0.261 e. The first kappa shape index (κ1) is 24.2. The average Bonchev–Trinajstić information content (AvgIpc) is 2.93. The molecular formula is C34H36N2. The lowest BCUT2D eigenvalue weighted by Gasteiger charge is -2.08. The van der Waals surface area contributed by atoms with Crippen LogP contribution in [0.5, 0.6) is 0 Å². The molecule has 0 saturated heterocycles. The van der Waals surface area contributed by atoms with Gasteiger partial charge in [0.15, 0.2) is 0 Å². The Labute approximate surface area is 215 Å². The zero-order valence-corrected chi connectivity index (χ0v) is 21.2. The van der Waals surface area contributed by atoms with Crippen molar-refractivity contribution in [3.63, 3.8) is 0 Å². The first-order valence-electron chi connectivity index (χ1n) is 13.6. The lowest BCUT2D eigenvalue weighted by atomic mass is 9.99. The van der Waals surface area contributed by atoms with Gasteiger partial charge in [0.2, 0.25) is 0 Å². The van der Waals surface area contributed by atoms with E-state index in [1.165, 1.54) is 95.4 Å². The van der Waals surface area contributed by atoms with E-state index in [4.69, 9.17) is 0 Å². The summed E-state index contributed by atoms with van der Waals surface area (Å²) in [5.41, 5.74) is 5.45. The SMILES string of the molecule is c1cc(CCCCCc2nccc3ccccc23)cc(CCCCCc2nccc3ccccc23)c1. The molecule has 0 atom stereocenters. The summed E-state index contributed by atoms with van der Waals surface area (Å²) in [5, 5.41) is 5.20. The second kappa shape index (κ2) is 12.4. The van der Waals surface area contributed by atoms with Crippen LogP contribution in [-0.4, -0.2) is 9.97 Å². The lowest BCUT2D eigenvalue weighted by molar-refractivity contribution is 0.667. The van der Waals surface area contributed by atoms with Crippen molar-refractivity contribution in [1.29, 1.82) is 0 Å². The van der Waals surface area contributed by atoms with Crippen molar-refractivity contribution >= 4 is 21.5 Å². The maximum absolute atomic E-state index is 4.64. The second-order valence-corrected chi connectivity index (χ2v) is 9.90. The third kappa shape index (κ3) is 6.37. The number of benzene rings is 3. The Hall–Kier alpha value is -3.52. The molecule has 5 rings (SSSR count). The molecule has 0 aliphatic rings. The highest BCUT2D eigenvalue weighted by molar-refractivity contribution is 5.84. The van der Waals surface area contributed by atoms with Crippen LogP contribution in [0.25, 0.3) is 21.5 Å². The molecule has 5 aromatic rings. The molecule has 0 radical (unpaired) electrons. The highest BCUT2D eigenvalue weighted by Gasteiger charge is 2.04. The standard InChI is InChI=1S/C34H36N2/c1(5-20-33-31-18-9-7-16-29(31)22-24-35-33)3-12-27-14-11-15-28(26-27)13-4-2-6-21-34-32-19-10-8-17-30(32)23-25-36-34/h7-11,14-19,22-26H,1-6,12-13,20-21H2. The number of aromatic nitrogens is 2. The smallest absolute Gasteiger partial charge is 0.0481 e. The van der Waals surface area contributed by atoms with Crippen molar-refractivity contribution in [3.05, 3.63) is 120 Å². The molecule has 182 valence electrons. The molecule has 3 aromatic carbocycles. The predicted octanol–water partition coefficient (Wildman–Crippen LogP) is 8.69. The van der Waals surface area contributed by atoms with Crippen molar-refractivity contribution in [3.8, 4) is 0 Å². The normalized spacial score (nSPS) is 11.3. The Kier molecular flexibility index (Phi) is 8.36. The fourth-order valence-corrected chi connectivity index (χ4v) is 5.30. The summed E-state index contributed by atoms with van der Waals surface area (Å²) in [5.74, 6) is 0. The van der Waals surface area contributed by atoms with E-state index in [-0.39, 0.29) is 0 Å². The van der Waals surface area contributed by atoms with Gasteiger partial charge in [0.25, 0.3) is 0 Å². The number of hydrogen-bond acceptors (Lipinski definition) is 2. The van der Waals surface area contributed by atoms with Crippen LogP contribution in [0.3, 0.4) is 0 Å². The molecule has 0 N–H and O–H groups in total. The monoisotopic (exact) mass is 472 g/mol. The van der Waals surface area contributed by atoms with Gasteiger partial charge < -0.3 is 0 Å². The number of rotatable bonds is 12. The minimum atomic E-state index is 1.07. The van der Waals surface area contributed by atoms with Crippen LogP contribution in [0, 0.1) is 0 Å². The van der Waals surface area contributed by atoms with E-state index in [1.807, 2.05) is 12.4 Å². The Morgan fingerprint density at radius 1 is 0.417 bits per heavy atom. The first-order chi connectivity index (χ1) is 17.9. The van der Waals surface area contributed by atoms with E-state index in [9.17, 15) is 0 Å². The molecule has 0 saturated carbocycles. The van der Waals surface area contributed by atoms with Crippen LogP contribution >= 0.6 is 0 Å². The Morgan fingerprint density at radius 3 is 1.42 bits per heavy atom.